The van der Waals surface area contributed by atoms with Crippen LogP contribution in [-0.4, -0.2) is 18.9 Å². The Morgan fingerprint density at radius 2 is 2.19 bits per heavy atom. The van der Waals surface area contributed by atoms with E-state index in [1.54, 1.807) is 18.9 Å². The van der Waals surface area contributed by atoms with Gasteiger partial charge in [0.1, 0.15) is 5.75 Å². The van der Waals surface area contributed by atoms with E-state index in [1.807, 2.05) is 18.2 Å². The summed E-state index contributed by atoms with van der Waals surface area (Å²) in [6.45, 7) is 4.39. The lowest BCUT2D eigenvalue weighted by Gasteiger charge is -2.17. The number of rotatable bonds is 6. The number of thioether (sulfide) groups is 1. The van der Waals surface area contributed by atoms with Crippen molar-refractivity contribution in [2.45, 2.75) is 31.2 Å². The van der Waals surface area contributed by atoms with Crippen LogP contribution in [0.5, 0.6) is 5.75 Å². The normalized spacial score (nSPS) is 14.5. The van der Waals surface area contributed by atoms with Gasteiger partial charge in [0, 0.05) is 16.7 Å². The average molecular weight is 239 g/mol. The zero-order valence-corrected chi connectivity index (χ0v) is 11.1. The van der Waals surface area contributed by atoms with Crippen molar-refractivity contribution >= 4 is 11.8 Å². The van der Waals surface area contributed by atoms with Gasteiger partial charge >= 0.3 is 0 Å². The number of hydrogen-bond donors (Lipinski definition) is 1. The van der Waals surface area contributed by atoms with Crippen LogP contribution in [0, 0.1) is 5.92 Å². The quantitative estimate of drug-likeness (QED) is 0.774. The van der Waals surface area contributed by atoms with Crippen LogP contribution in [0.4, 0.5) is 0 Å². The highest BCUT2D eigenvalue weighted by Crippen LogP contribution is 2.24. The summed E-state index contributed by atoms with van der Waals surface area (Å²) in [6, 6.07) is 8.38. The Morgan fingerprint density at radius 3 is 2.81 bits per heavy atom. The van der Waals surface area contributed by atoms with E-state index in [2.05, 4.69) is 19.9 Å². The second kappa shape index (κ2) is 6.81. The first-order valence-electron chi connectivity index (χ1n) is 5.69. The van der Waals surface area contributed by atoms with Gasteiger partial charge in [0.15, 0.2) is 0 Å². The fraction of sp³-hybridized carbons (Fsp3) is 0.538. The second-order valence-corrected chi connectivity index (χ2v) is 5.13. The number of hydrogen-bond acceptors (Lipinski definition) is 3. The fourth-order valence-electron chi connectivity index (χ4n) is 1.35. The van der Waals surface area contributed by atoms with E-state index < -0.39 is 0 Å². The summed E-state index contributed by atoms with van der Waals surface area (Å²) in [5.74, 6) is 2.45. The minimum atomic E-state index is 0.265. The molecule has 0 spiro atoms. The van der Waals surface area contributed by atoms with Gasteiger partial charge in [-0.3, -0.25) is 0 Å². The molecule has 1 aromatic rings. The van der Waals surface area contributed by atoms with Crippen LogP contribution in [0.15, 0.2) is 29.2 Å². The van der Waals surface area contributed by atoms with Gasteiger partial charge in [-0.2, -0.15) is 0 Å². The van der Waals surface area contributed by atoms with Crippen LogP contribution in [0.1, 0.15) is 20.3 Å². The highest BCUT2D eigenvalue weighted by molar-refractivity contribution is 7.99. The molecule has 0 saturated carbocycles. The first-order valence-corrected chi connectivity index (χ1v) is 6.68. The SMILES string of the molecule is CCC(C)C(N)CSc1cccc(OC)c1. The molecule has 2 atom stereocenters. The minimum absolute atomic E-state index is 0.265. The molecule has 2 N–H and O–H groups in total. The molecular weight excluding hydrogens is 218 g/mol. The van der Waals surface area contributed by atoms with E-state index >= 15 is 0 Å². The van der Waals surface area contributed by atoms with Crippen LogP contribution in [0.25, 0.3) is 0 Å². The molecule has 3 heteroatoms. The average Bonchev–Trinajstić information content (AvgIpc) is 2.35. The van der Waals surface area contributed by atoms with E-state index in [9.17, 15) is 0 Å². The molecule has 90 valence electrons. The molecule has 1 aromatic carbocycles. The molecule has 0 bridgehead atoms. The monoisotopic (exact) mass is 239 g/mol. The first kappa shape index (κ1) is 13.4. The van der Waals surface area contributed by atoms with E-state index in [0.29, 0.717) is 5.92 Å². The summed E-state index contributed by atoms with van der Waals surface area (Å²) in [6.07, 6.45) is 1.14. The zero-order valence-electron chi connectivity index (χ0n) is 10.3. The van der Waals surface area contributed by atoms with Crippen LogP contribution in [0.3, 0.4) is 0 Å². The fourth-order valence-corrected chi connectivity index (χ4v) is 2.44. The van der Waals surface area contributed by atoms with E-state index in [-0.39, 0.29) is 6.04 Å². The maximum Gasteiger partial charge on any atom is 0.119 e. The van der Waals surface area contributed by atoms with Gasteiger partial charge < -0.3 is 10.5 Å². The molecule has 0 radical (unpaired) electrons. The number of nitrogens with two attached hydrogens (primary N) is 1. The summed E-state index contributed by atoms with van der Waals surface area (Å²) < 4.78 is 5.19. The second-order valence-electron chi connectivity index (χ2n) is 4.04. The maximum atomic E-state index is 6.09. The van der Waals surface area contributed by atoms with Crippen LogP contribution in [-0.2, 0) is 0 Å². The highest BCUT2D eigenvalue weighted by Gasteiger charge is 2.10. The molecule has 16 heavy (non-hydrogen) atoms. The Kier molecular flexibility index (Phi) is 5.71. The lowest BCUT2D eigenvalue weighted by atomic mass is 10.0. The molecule has 0 aliphatic heterocycles. The van der Waals surface area contributed by atoms with Gasteiger partial charge in [-0.15, -0.1) is 11.8 Å². The molecule has 1 rings (SSSR count). The molecule has 2 unspecified atom stereocenters. The zero-order chi connectivity index (χ0) is 12.0. The number of benzene rings is 1. The summed E-state index contributed by atoms with van der Waals surface area (Å²) in [5.41, 5.74) is 6.09. The van der Waals surface area contributed by atoms with Gasteiger partial charge in [-0.05, 0) is 24.1 Å². The van der Waals surface area contributed by atoms with Crippen molar-refractivity contribution in [3.63, 3.8) is 0 Å². The molecule has 0 aromatic heterocycles. The summed E-state index contributed by atoms with van der Waals surface area (Å²) in [7, 11) is 1.69. The predicted octanol–water partition coefficient (Wildman–Crippen LogP) is 3.16. The smallest absolute Gasteiger partial charge is 0.119 e. The van der Waals surface area contributed by atoms with Crippen LogP contribution < -0.4 is 10.5 Å². The maximum absolute atomic E-state index is 6.09. The summed E-state index contributed by atoms with van der Waals surface area (Å²) in [5, 5.41) is 0. The van der Waals surface area contributed by atoms with E-state index in [0.717, 1.165) is 17.9 Å². The van der Waals surface area contributed by atoms with Crippen molar-refractivity contribution in [1.29, 1.82) is 0 Å². The van der Waals surface area contributed by atoms with Crippen molar-refractivity contribution < 1.29 is 4.74 Å². The lowest BCUT2D eigenvalue weighted by Crippen LogP contribution is -2.30. The third-order valence-corrected chi connectivity index (χ3v) is 4.00. The third-order valence-electron chi connectivity index (χ3n) is 2.86. The molecule has 0 amide bonds. The Morgan fingerprint density at radius 1 is 1.44 bits per heavy atom. The van der Waals surface area contributed by atoms with Crippen LogP contribution in [0.2, 0.25) is 0 Å². The Labute approximate surface area is 103 Å². The molecular formula is C13H21NOS. The van der Waals surface area contributed by atoms with Gasteiger partial charge in [-0.1, -0.05) is 26.3 Å². The van der Waals surface area contributed by atoms with Crippen LogP contribution >= 0.6 is 11.8 Å². The van der Waals surface area contributed by atoms with Gasteiger partial charge in [0.2, 0.25) is 0 Å². The third kappa shape index (κ3) is 4.06. The van der Waals surface area contributed by atoms with E-state index in [4.69, 9.17) is 10.5 Å². The summed E-state index contributed by atoms with van der Waals surface area (Å²) in [4.78, 5) is 1.22. The number of methoxy groups -OCH3 is 1. The molecule has 0 heterocycles. The van der Waals surface area contributed by atoms with Crippen molar-refractivity contribution in [3.8, 4) is 5.75 Å². The Bertz CT molecular complexity index is 317. The standard InChI is InChI=1S/C13H21NOS/c1-4-10(2)13(14)9-16-12-7-5-6-11(8-12)15-3/h5-8,10,13H,4,9,14H2,1-3H3. The molecule has 0 saturated heterocycles. The largest absolute Gasteiger partial charge is 0.497 e. The van der Waals surface area contributed by atoms with Crippen molar-refractivity contribution in [3.05, 3.63) is 24.3 Å². The topological polar surface area (TPSA) is 35.2 Å². The highest BCUT2D eigenvalue weighted by atomic mass is 32.2. The van der Waals surface area contributed by atoms with Crippen molar-refractivity contribution in [2.24, 2.45) is 11.7 Å². The van der Waals surface area contributed by atoms with Crippen molar-refractivity contribution in [2.75, 3.05) is 12.9 Å². The molecule has 0 fully saturated rings. The van der Waals surface area contributed by atoms with Gasteiger partial charge in [0.25, 0.3) is 0 Å². The Balaban J connectivity index is 2.47. The van der Waals surface area contributed by atoms with Crippen molar-refractivity contribution in [1.82, 2.24) is 0 Å². The van der Waals surface area contributed by atoms with Gasteiger partial charge in [0.05, 0.1) is 7.11 Å². The molecule has 0 aliphatic rings. The minimum Gasteiger partial charge on any atom is -0.497 e. The van der Waals surface area contributed by atoms with Gasteiger partial charge in [-0.25, -0.2) is 0 Å². The number of ether oxygens (including phenoxy) is 1. The lowest BCUT2D eigenvalue weighted by molar-refractivity contribution is 0.413. The van der Waals surface area contributed by atoms with E-state index in [1.165, 1.54) is 4.90 Å². The first-order chi connectivity index (χ1) is 7.67. The Hall–Kier alpha value is -0.670. The molecule has 0 aliphatic carbocycles. The predicted molar refractivity (Wildman–Crippen MR) is 71.1 cm³/mol. The molecule has 2 nitrogen and oxygen atoms in total. The summed E-state index contributed by atoms with van der Waals surface area (Å²) >= 11 is 1.80.